The number of furan rings is 1. The Labute approximate surface area is 80.9 Å². The summed E-state index contributed by atoms with van der Waals surface area (Å²) in [7, 11) is 0. The summed E-state index contributed by atoms with van der Waals surface area (Å²) in [5, 5.41) is 3.78. The fourth-order valence-corrected chi connectivity index (χ4v) is 1.16. The lowest BCUT2D eigenvalue weighted by Crippen LogP contribution is -2.03. The van der Waals surface area contributed by atoms with Crippen molar-refractivity contribution in [3.05, 3.63) is 23.9 Å². The van der Waals surface area contributed by atoms with Crippen LogP contribution in [0.2, 0.25) is 0 Å². The van der Waals surface area contributed by atoms with E-state index in [0.29, 0.717) is 24.7 Å². The predicted octanol–water partition coefficient (Wildman–Crippen LogP) is 1.14. The van der Waals surface area contributed by atoms with E-state index in [9.17, 15) is 0 Å². The number of nitrogens with two attached hydrogens (primary N) is 1. The molecule has 0 aliphatic rings. The first-order valence-corrected chi connectivity index (χ1v) is 4.38. The summed E-state index contributed by atoms with van der Waals surface area (Å²) < 4.78 is 10.2. The number of rotatable bonds is 3. The highest BCUT2D eigenvalue weighted by Crippen LogP contribution is 2.19. The smallest absolute Gasteiger partial charge is 0.261 e. The van der Waals surface area contributed by atoms with Crippen molar-refractivity contribution in [3.63, 3.8) is 0 Å². The number of nitrogens with zero attached hydrogens (tertiary/aromatic N) is 2. The predicted molar refractivity (Wildman–Crippen MR) is 49.5 cm³/mol. The van der Waals surface area contributed by atoms with Gasteiger partial charge < -0.3 is 14.7 Å². The lowest BCUT2D eigenvalue weighted by atomic mass is 10.3. The Hall–Kier alpha value is -1.62. The SMILES string of the molecule is Cc1cc(-c2nc(CCN)no2)co1. The lowest BCUT2D eigenvalue weighted by Gasteiger charge is -1.83. The van der Waals surface area contributed by atoms with Crippen molar-refractivity contribution in [3.8, 4) is 11.5 Å². The quantitative estimate of drug-likeness (QED) is 0.790. The molecule has 0 aromatic carbocycles. The second-order valence-corrected chi connectivity index (χ2v) is 3.00. The van der Waals surface area contributed by atoms with E-state index in [1.165, 1.54) is 0 Å². The van der Waals surface area contributed by atoms with Crippen molar-refractivity contribution in [2.75, 3.05) is 6.54 Å². The average Bonchev–Trinajstić information content (AvgIpc) is 2.74. The van der Waals surface area contributed by atoms with E-state index in [2.05, 4.69) is 10.1 Å². The molecule has 0 saturated carbocycles. The molecule has 2 rings (SSSR count). The van der Waals surface area contributed by atoms with Crippen LogP contribution in [0.4, 0.5) is 0 Å². The van der Waals surface area contributed by atoms with E-state index in [4.69, 9.17) is 14.7 Å². The molecule has 0 amide bonds. The van der Waals surface area contributed by atoms with Gasteiger partial charge in [0, 0.05) is 6.42 Å². The van der Waals surface area contributed by atoms with Gasteiger partial charge in [0.15, 0.2) is 5.82 Å². The summed E-state index contributed by atoms with van der Waals surface area (Å²) >= 11 is 0. The minimum atomic E-state index is 0.477. The van der Waals surface area contributed by atoms with Gasteiger partial charge >= 0.3 is 0 Å². The molecule has 0 aliphatic carbocycles. The van der Waals surface area contributed by atoms with Gasteiger partial charge in [-0.15, -0.1) is 0 Å². The van der Waals surface area contributed by atoms with Crippen LogP contribution in [0.25, 0.3) is 11.5 Å². The van der Waals surface area contributed by atoms with Gasteiger partial charge in [0.25, 0.3) is 5.89 Å². The van der Waals surface area contributed by atoms with Gasteiger partial charge in [-0.05, 0) is 19.5 Å². The maximum Gasteiger partial charge on any atom is 0.261 e. The van der Waals surface area contributed by atoms with E-state index in [1.807, 2.05) is 13.0 Å². The molecule has 0 radical (unpaired) electrons. The summed E-state index contributed by atoms with van der Waals surface area (Å²) in [5.41, 5.74) is 6.18. The standard InChI is InChI=1S/C9H11N3O2/c1-6-4-7(5-13-6)9-11-8(2-3-10)12-14-9/h4-5H,2-3,10H2,1H3. The molecule has 2 heterocycles. The maximum absolute atomic E-state index is 5.37. The van der Waals surface area contributed by atoms with Crippen LogP contribution in [0.3, 0.4) is 0 Å². The van der Waals surface area contributed by atoms with Crippen molar-refractivity contribution in [1.29, 1.82) is 0 Å². The molecule has 0 unspecified atom stereocenters. The van der Waals surface area contributed by atoms with Gasteiger partial charge in [-0.1, -0.05) is 5.16 Å². The monoisotopic (exact) mass is 193 g/mol. The van der Waals surface area contributed by atoms with Gasteiger partial charge in [-0.25, -0.2) is 0 Å². The van der Waals surface area contributed by atoms with Crippen LogP contribution in [0.1, 0.15) is 11.6 Å². The Kier molecular flexibility index (Phi) is 2.32. The third-order valence-corrected chi connectivity index (χ3v) is 1.81. The van der Waals surface area contributed by atoms with Crippen LogP contribution in [-0.4, -0.2) is 16.7 Å². The topological polar surface area (TPSA) is 78.1 Å². The highest BCUT2D eigenvalue weighted by Gasteiger charge is 2.09. The first kappa shape index (κ1) is 8.96. The minimum absolute atomic E-state index is 0.477. The number of aromatic nitrogens is 2. The van der Waals surface area contributed by atoms with E-state index < -0.39 is 0 Å². The Balaban J connectivity index is 2.24. The van der Waals surface area contributed by atoms with Gasteiger partial charge in [0.2, 0.25) is 0 Å². The molecule has 5 heteroatoms. The first-order chi connectivity index (χ1) is 6.79. The van der Waals surface area contributed by atoms with Gasteiger partial charge in [0.05, 0.1) is 5.56 Å². The summed E-state index contributed by atoms with van der Waals surface area (Å²) in [6, 6.07) is 1.85. The second-order valence-electron chi connectivity index (χ2n) is 3.00. The highest BCUT2D eigenvalue weighted by atomic mass is 16.5. The van der Waals surface area contributed by atoms with Crippen LogP contribution in [0, 0.1) is 6.92 Å². The minimum Gasteiger partial charge on any atom is -0.469 e. The van der Waals surface area contributed by atoms with Gasteiger partial charge in [-0.2, -0.15) is 4.98 Å². The van der Waals surface area contributed by atoms with Gasteiger partial charge in [0.1, 0.15) is 12.0 Å². The van der Waals surface area contributed by atoms with Crippen molar-refractivity contribution in [2.24, 2.45) is 5.73 Å². The zero-order valence-corrected chi connectivity index (χ0v) is 7.86. The number of hydrogen-bond donors (Lipinski definition) is 1. The molecular formula is C9H11N3O2. The molecule has 0 bridgehead atoms. The van der Waals surface area contributed by atoms with Crippen LogP contribution in [0.15, 0.2) is 21.3 Å². The summed E-state index contributed by atoms with van der Waals surface area (Å²) in [4.78, 5) is 4.17. The molecule has 5 nitrogen and oxygen atoms in total. The van der Waals surface area contributed by atoms with E-state index in [-0.39, 0.29) is 0 Å². The van der Waals surface area contributed by atoms with Crippen LogP contribution in [0.5, 0.6) is 0 Å². The molecule has 0 fully saturated rings. The van der Waals surface area contributed by atoms with Crippen molar-refractivity contribution in [2.45, 2.75) is 13.3 Å². The Bertz CT molecular complexity index is 419. The fraction of sp³-hybridized carbons (Fsp3) is 0.333. The molecule has 2 aromatic rings. The van der Waals surface area contributed by atoms with Crippen molar-refractivity contribution in [1.82, 2.24) is 10.1 Å². The molecule has 0 saturated heterocycles. The maximum atomic E-state index is 5.37. The first-order valence-electron chi connectivity index (χ1n) is 4.38. The number of hydrogen-bond acceptors (Lipinski definition) is 5. The van der Waals surface area contributed by atoms with E-state index in [1.54, 1.807) is 6.26 Å². The molecule has 0 aliphatic heterocycles. The molecule has 0 atom stereocenters. The Morgan fingerprint density at radius 2 is 2.36 bits per heavy atom. The van der Waals surface area contributed by atoms with Crippen LogP contribution >= 0.6 is 0 Å². The zero-order valence-electron chi connectivity index (χ0n) is 7.86. The normalized spacial score (nSPS) is 10.7. The molecule has 2 N–H and O–H groups in total. The summed E-state index contributed by atoms with van der Waals surface area (Å²) in [6.07, 6.45) is 2.22. The molecule has 14 heavy (non-hydrogen) atoms. The Morgan fingerprint density at radius 3 is 3.00 bits per heavy atom. The zero-order chi connectivity index (χ0) is 9.97. The second kappa shape index (κ2) is 3.63. The summed E-state index contributed by atoms with van der Waals surface area (Å²) in [5.74, 6) is 1.92. The third-order valence-electron chi connectivity index (χ3n) is 1.81. The van der Waals surface area contributed by atoms with Crippen molar-refractivity contribution >= 4 is 0 Å². The van der Waals surface area contributed by atoms with Crippen molar-refractivity contribution < 1.29 is 8.94 Å². The van der Waals surface area contributed by atoms with E-state index >= 15 is 0 Å². The van der Waals surface area contributed by atoms with Crippen LogP contribution < -0.4 is 5.73 Å². The van der Waals surface area contributed by atoms with Gasteiger partial charge in [-0.3, -0.25) is 0 Å². The fourth-order valence-electron chi connectivity index (χ4n) is 1.16. The molecule has 74 valence electrons. The average molecular weight is 193 g/mol. The molecule has 2 aromatic heterocycles. The third kappa shape index (κ3) is 1.67. The largest absolute Gasteiger partial charge is 0.469 e. The molecular weight excluding hydrogens is 182 g/mol. The number of aryl methyl sites for hydroxylation is 1. The Morgan fingerprint density at radius 1 is 1.50 bits per heavy atom. The molecule has 0 spiro atoms. The van der Waals surface area contributed by atoms with Crippen LogP contribution in [-0.2, 0) is 6.42 Å². The highest BCUT2D eigenvalue weighted by molar-refractivity contribution is 5.51. The lowest BCUT2D eigenvalue weighted by molar-refractivity contribution is 0.422. The van der Waals surface area contributed by atoms with E-state index in [0.717, 1.165) is 11.3 Å². The summed E-state index contributed by atoms with van der Waals surface area (Å²) in [6.45, 7) is 2.38.